The molecule has 1 heterocycles. The number of amides is 1. The Morgan fingerprint density at radius 1 is 0.968 bits per heavy atom. The summed E-state index contributed by atoms with van der Waals surface area (Å²) >= 11 is 7.77. The molecule has 0 unspecified atom stereocenters. The normalized spacial score (nSPS) is 10.8. The molecule has 0 bridgehead atoms. The number of thioether (sulfide) groups is 1. The number of para-hydroxylation sites is 1. The van der Waals surface area contributed by atoms with E-state index in [-0.39, 0.29) is 12.1 Å². The average molecular weight is 453 g/mol. The lowest BCUT2D eigenvalue weighted by Gasteiger charge is -2.11. The molecule has 3 aromatic carbocycles. The first-order chi connectivity index (χ1) is 15.1. The molecule has 0 radical (unpaired) electrons. The maximum Gasteiger partial charge on any atom is 0.254 e. The molecule has 4 aromatic rings. The van der Waals surface area contributed by atoms with E-state index in [1.165, 1.54) is 23.9 Å². The third-order valence-electron chi connectivity index (χ3n) is 4.55. The Hall–Kier alpha value is -3.16. The number of nitrogens with zero attached hydrogens (tertiary/aromatic N) is 3. The fraction of sp³-hybridized carbons (Fsp3) is 0.0870. The molecule has 0 aliphatic rings. The Balaban J connectivity index is 1.57. The molecular formula is C23H18ClFN4OS. The molecule has 0 saturated carbocycles. The van der Waals surface area contributed by atoms with Crippen molar-refractivity contribution in [3.05, 3.63) is 107 Å². The highest BCUT2D eigenvalue weighted by Crippen LogP contribution is 2.28. The van der Waals surface area contributed by atoms with Gasteiger partial charge in [0.2, 0.25) is 0 Å². The van der Waals surface area contributed by atoms with Gasteiger partial charge in [0.1, 0.15) is 5.82 Å². The number of carbonyl (C=O) groups is 1. The van der Waals surface area contributed by atoms with Gasteiger partial charge in [0, 0.05) is 16.5 Å². The molecular weight excluding hydrogens is 435 g/mol. The van der Waals surface area contributed by atoms with Crippen molar-refractivity contribution in [2.24, 2.45) is 0 Å². The van der Waals surface area contributed by atoms with Crippen molar-refractivity contribution >= 4 is 29.3 Å². The molecule has 0 atom stereocenters. The van der Waals surface area contributed by atoms with Gasteiger partial charge in [0.25, 0.3) is 5.91 Å². The van der Waals surface area contributed by atoms with Crippen molar-refractivity contribution in [2.45, 2.75) is 17.5 Å². The molecule has 5 nitrogen and oxygen atoms in total. The largest absolute Gasteiger partial charge is 0.345 e. The van der Waals surface area contributed by atoms with Crippen molar-refractivity contribution in [3.63, 3.8) is 0 Å². The van der Waals surface area contributed by atoms with Gasteiger partial charge < -0.3 is 5.32 Å². The van der Waals surface area contributed by atoms with Gasteiger partial charge in [0.15, 0.2) is 11.0 Å². The van der Waals surface area contributed by atoms with E-state index in [0.29, 0.717) is 21.8 Å². The molecule has 0 aliphatic heterocycles. The van der Waals surface area contributed by atoms with E-state index in [2.05, 4.69) is 15.5 Å². The number of rotatable bonds is 7. The molecule has 1 N–H and O–H groups in total. The van der Waals surface area contributed by atoms with Crippen LogP contribution in [0.2, 0.25) is 5.02 Å². The molecule has 31 heavy (non-hydrogen) atoms. The monoisotopic (exact) mass is 452 g/mol. The summed E-state index contributed by atoms with van der Waals surface area (Å²) in [5.41, 5.74) is 1.84. The van der Waals surface area contributed by atoms with E-state index in [1.54, 1.807) is 12.1 Å². The fourth-order valence-electron chi connectivity index (χ4n) is 3.00. The zero-order chi connectivity index (χ0) is 21.6. The standard InChI is InChI=1S/C23H18ClFN4OS/c24-19-12-6-4-8-16(19)15-31-23-28-27-21(29(23)17-9-2-1-3-10-17)14-26-22(30)18-11-5-7-13-20(18)25/h1-13H,14-15H2,(H,26,30). The molecule has 8 heteroatoms. The molecule has 0 aliphatic carbocycles. The zero-order valence-corrected chi connectivity index (χ0v) is 17.9. The van der Waals surface area contributed by atoms with Crippen LogP contribution >= 0.6 is 23.4 Å². The minimum atomic E-state index is -0.569. The predicted molar refractivity (Wildman–Crippen MR) is 120 cm³/mol. The molecule has 0 fully saturated rings. The smallest absolute Gasteiger partial charge is 0.254 e. The maximum absolute atomic E-state index is 13.9. The van der Waals surface area contributed by atoms with Crippen LogP contribution in [0.1, 0.15) is 21.7 Å². The van der Waals surface area contributed by atoms with Crippen molar-refractivity contribution in [3.8, 4) is 5.69 Å². The van der Waals surface area contributed by atoms with Crippen molar-refractivity contribution < 1.29 is 9.18 Å². The highest BCUT2D eigenvalue weighted by atomic mass is 35.5. The number of nitrogens with one attached hydrogen (secondary N) is 1. The van der Waals surface area contributed by atoms with Crippen LogP contribution in [0.25, 0.3) is 5.69 Å². The van der Waals surface area contributed by atoms with Gasteiger partial charge >= 0.3 is 0 Å². The van der Waals surface area contributed by atoms with Crippen molar-refractivity contribution in [1.82, 2.24) is 20.1 Å². The first-order valence-electron chi connectivity index (χ1n) is 9.52. The zero-order valence-electron chi connectivity index (χ0n) is 16.3. The van der Waals surface area contributed by atoms with E-state index in [1.807, 2.05) is 59.2 Å². The average Bonchev–Trinajstić information content (AvgIpc) is 3.20. The van der Waals surface area contributed by atoms with E-state index in [9.17, 15) is 9.18 Å². The Bertz CT molecular complexity index is 1200. The second-order valence-electron chi connectivity index (χ2n) is 6.61. The summed E-state index contributed by atoms with van der Waals surface area (Å²) in [5.74, 6) is 0.0794. The summed E-state index contributed by atoms with van der Waals surface area (Å²) in [5, 5.41) is 12.7. The SMILES string of the molecule is O=C(NCc1nnc(SCc2ccccc2Cl)n1-c1ccccc1)c1ccccc1F. The number of benzene rings is 3. The van der Waals surface area contributed by atoms with E-state index < -0.39 is 11.7 Å². The maximum atomic E-state index is 13.9. The van der Waals surface area contributed by atoms with Crippen LogP contribution in [-0.2, 0) is 12.3 Å². The van der Waals surface area contributed by atoms with Gasteiger partial charge in [-0.3, -0.25) is 9.36 Å². The van der Waals surface area contributed by atoms with Crippen molar-refractivity contribution in [1.29, 1.82) is 0 Å². The molecule has 156 valence electrons. The predicted octanol–water partition coefficient (Wildman–Crippen LogP) is 5.28. The number of aromatic nitrogens is 3. The van der Waals surface area contributed by atoms with Crippen LogP contribution in [0.15, 0.2) is 84.0 Å². The first kappa shape index (κ1) is 21.1. The lowest BCUT2D eigenvalue weighted by atomic mass is 10.2. The van der Waals surface area contributed by atoms with Crippen LogP contribution in [0.3, 0.4) is 0 Å². The van der Waals surface area contributed by atoms with Gasteiger partial charge in [-0.15, -0.1) is 10.2 Å². The molecule has 1 aromatic heterocycles. The minimum Gasteiger partial charge on any atom is -0.345 e. The molecule has 0 saturated heterocycles. The third-order valence-corrected chi connectivity index (χ3v) is 5.90. The lowest BCUT2D eigenvalue weighted by Crippen LogP contribution is -2.25. The molecule has 1 amide bonds. The van der Waals surface area contributed by atoms with Gasteiger partial charge in [-0.2, -0.15) is 0 Å². The minimum absolute atomic E-state index is 0.0124. The van der Waals surface area contributed by atoms with Crippen LogP contribution in [-0.4, -0.2) is 20.7 Å². The second-order valence-corrected chi connectivity index (χ2v) is 7.96. The Kier molecular flexibility index (Phi) is 6.64. The lowest BCUT2D eigenvalue weighted by molar-refractivity contribution is 0.0945. The van der Waals surface area contributed by atoms with Crippen molar-refractivity contribution in [2.75, 3.05) is 0 Å². The van der Waals surface area contributed by atoms with E-state index >= 15 is 0 Å². The summed E-state index contributed by atoms with van der Waals surface area (Å²) in [6, 6.07) is 23.1. The fourth-order valence-corrected chi connectivity index (χ4v) is 4.26. The number of halogens is 2. The van der Waals surface area contributed by atoms with Gasteiger partial charge in [-0.05, 0) is 35.9 Å². The van der Waals surface area contributed by atoms with Gasteiger partial charge in [-0.1, -0.05) is 71.9 Å². The quantitative estimate of drug-likeness (QED) is 0.387. The first-order valence-corrected chi connectivity index (χ1v) is 10.9. The second kappa shape index (κ2) is 9.76. The van der Waals surface area contributed by atoms with E-state index in [0.717, 1.165) is 11.3 Å². The highest BCUT2D eigenvalue weighted by molar-refractivity contribution is 7.98. The van der Waals surface area contributed by atoms with E-state index in [4.69, 9.17) is 11.6 Å². The summed E-state index contributed by atoms with van der Waals surface area (Å²) in [6.07, 6.45) is 0. The highest BCUT2D eigenvalue weighted by Gasteiger charge is 2.17. The Morgan fingerprint density at radius 2 is 1.68 bits per heavy atom. The van der Waals surface area contributed by atoms with Crippen LogP contribution in [0.4, 0.5) is 4.39 Å². The van der Waals surface area contributed by atoms with Crippen LogP contribution in [0, 0.1) is 5.82 Å². The molecule has 0 spiro atoms. The summed E-state index contributed by atoms with van der Waals surface area (Å²) in [6.45, 7) is 0.0989. The summed E-state index contributed by atoms with van der Waals surface area (Å²) in [7, 11) is 0. The molecule has 4 rings (SSSR count). The Morgan fingerprint density at radius 3 is 2.45 bits per heavy atom. The van der Waals surface area contributed by atoms with Crippen LogP contribution in [0.5, 0.6) is 0 Å². The Labute approximate surface area is 188 Å². The summed E-state index contributed by atoms with van der Waals surface area (Å²) in [4.78, 5) is 12.4. The topological polar surface area (TPSA) is 59.8 Å². The third kappa shape index (κ3) is 4.95. The summed E-state index contributed by atoms with van der Waals surface area (Å²) < 4.78 is 15.8. The van der Waals surface area contributed by atoms with Crippen LogP contribution < -0.4 is 5.32 Å². The van der Waals surface area contributed by atoms with Gasteiger partial charge in [-0.25, -0.2) is 4.39 Å². The number of hydrogen-bond acceptors (Lipinski definition) is 4. The number of carbonyl (C=O) groups excluding carboxylic acids is 1. The number of hydrogen-bond donors (Lipinski definition) is 1. The van der Waals surface area contributed by atoms with Gasteiger partial charge in [0.05, 0.1) is 12.1 Å².